The van der Waals surface area contributed by atoms with Gasteiger partial charge < -0.3 is 4.90 Å². The monoisotopic (exact) mass is 345 g/mol. The van der Waals surface area contributed by atoms with E-state index in [-0.39, 0.29) is 5.41 Å². The molecule has 4 rings (SSSR count). The number of hydrogen-bond acceptors (Lipinski definition) is 1. The van der Waals surface area contributed by atoms with Crippen LogP contribution < -0.4 is 4.90 Å². The van der Waals surface area contributed by atoms with E-state index < -0.39 is 0 Å². The summed E-state index contributed by atoms with van der Waals surface area (Å²) in [5, 5.41) is 0. The molecular weight excluding hydrogens is 314 g/mol. The maximum atomic E-state index is 2.65. The molecule has 2 aromatic carbocycles. The van der Waals surface area contributed by atoms with Crippen molar-refractivity contribution in [3.05, 3.63) is 70.3 Å². The van der Waals surface area contributed by atoms with E-state index in [0.717, 1.165) is 6.54 Å². The van der Waals surface area contributed by atoms with Gasteiger partial charge in [0.2, 0.25) is 0 Å². The van der Waals surface area contributed by atoms with Gasteiger partial charge in [-0.3, -0.25) is 0 Å². The van der Waals surface area contributed by atoms with Crippen LogP contribution in [0.1, 0.15) is 67.3 Å². The van der Waals surface area contributed by atoms with Crippen LogP contribution in [0.4, 0.5) is 5.69 Å². The van der Waals surface area contributed by atoms with E-state index >= 15 is 0 Å². The van der Waals surface area contributed by atoms with E-state index in [4.69, 9.17) is 0 Å². The highest BCUT2D eigenvalue weighted by Crippen LogP contribution is 2.54. The minimum absolute atomic E-state index is 0.270. The normalized spacial score (nSPS) is 25.1. The highest BCUT2D eigenvalue weighted by Gasteiger charge is 2.55. The van der Waals surface area contributed by atoms with Crippen LogP contribution in [0, 0.1) is 13.8 Å². The average Bonchev–Trinajstić information content (AvgIpc) is 3.32. The smallest absolute Gasteiger partial charge is 0.0448 e. The highest BCUT2D eigenvalue weighted by atomic mass is 15.2. The fraction of sp³-hybridized carbons (Fsp3) is 0.440. The summed E-state index contributed by atoms with van der Waals surface area (Å²) in [7, 11) is 0. The second-order valence-electron chi connectivity index (χ2n) is 8.60. The Hall–Kier alpha value is -2.02. The summed E-state index contributed by atoms with van der Waals surface area (Å²) in [6.45, 7) is 12.6. The van der Waals surface area contributed by atoms with E-state index in [1.165, 1.54) is 46.3 Å². The van der Waals surface area contributed by atoms with Crippen molar-refractivity contribution in [3.8, 4) is 0 Å². The Morgan fingerprint density at radius 2 is 2.00 bits per heavy atom. The zero-order valence-electron chi connectivity index (χ0n) is 16.8. The molecule has 0 aromatic heterocycles. The standard InChI is InChI=1S/C25H31N/c1-6-18(3)20-9-7-11-23-21(20)10-8-14-26(23)24-16-25(24,5)22-13-12-17(2)15-19(22)4/h7-13,15,18,24H,6,14,16H2,1-5H3. The predicted octanol–water partition coefficient (Wildman–Crippen LogP) is 6.38. The Labute approximate surface area is 158 Å². The number of aryl methyl sites for hydroxylation is 2. The SMILES string of the molecule is CCC(C)c1cccc2c1C=CCN2C1CC1(C)c1ccc(C)cc1C. The second kappa shape index (κ2) is 6.30. The molecule has 1 aliphatic carbocycles. The maximum absolute atomic E-state index is 2.65. The van der Waals surface area contributed by atoms with Crippen molar-refractivity contribution in [1.29, 1.82) is 0 Å². The lowest BCUT2D eigenvalue weighted by atomic mass is 9.89. The number of hydrogen-bond donors (Lipinski definition) is 0. The first kappa shape index (κ1) is 17.4. The molecule has 0 bridgehead atoms. The molecule has 2 aromatic rings. The molecule has 26 heavy (non-hydrogen) atoms. The van der Waals surface area contributed by atoms with Gasteiger partial charge in [-0.05, 0) is 55.4 Å². The van der Waals surface area contributed by atoms with Crippen molar-refractivity contribution in [3.63, 3.8) is 0 Å². The van der Waals surface area contributed by atoms with Crippen molar-refractivity contribution in [1.82, 2.24) is 0 Å². The van der Waals surface area contributed by atoms with Gasteiger partial charge >= 0.3 is 0 Å². The highest BCUT2D eigenvalue weighted by molar-refractivity contribution is 5.75. The summed E-state index contributed by atoms with van der Waals surface area (Å²) >= 11 is 0. The molecule has 0 saturated heterocycles. The number of nitrogens with zero attached hydrogens (tertiary/aromatic N) is 1. The van der Waals surface area contributed by atoms with Crippen LogP contribution in [-0.4, -0.2) is 12.6 Å². The summed E-state index contributed by atoms with van der Waals surface area (Å²) in [5.74, 6) is 0.611. The van der Waals surface area contributed by atoms with Crippen LogP contribution in [0.2, 0.25) is 0 Å². The molecule has 136 valence electrons. The predicted molar refractivity (Wildman–Crippen MR) is 113 cm³/mol. The zero-order valence-corrected chi connectivity index (χ0v) is 16.8. The molecule has 1 aliphatic heterocycles. The van der Waals surface area contributed by atoms with Gasteiger partial charge in [0.25, 0.3) is 0 Å². The fourth-order valence-corrected chi connectivity index (χ4v) is 4.87. The maximum Gasteiger partial charge on any atom is 0.0448 e. The summed E-state index contributed by atoms with van der Waals surface area (Å²) < 4.78 is 0. The van der Waals surface area contributed by atoms with Crippen molar-refractivity contribution >= 4 is 11.8 Å². The Kier molecular flexibility index (Phi) is 4.22. The molecule has 1 nitrogen and oxygen atoms in total. The first-order chi connectivity index (χ1) is 12.5. The number of benzene rings is 2. The summed E-state index contributed by atoms with van der Waals surface area (Å²) in [6.07, 6.45) is 7.14. The Balaban J connectivity index is 1.69. The fourth-order valence-electron chi connectivity index (χ4n) is 4.87. The van der Waals surface area contributed by atoms with Crippen molar-refractivity contribution < 1.29 is 0 Å². The third-order valence-corrected chi connectivity index (χ3v) is 6.72. The van der Waals surface area contributed by atoms with Gasteiger partial charge in [0.1, 0.15) is 0 Å². The van der Waals surface area contributed by atoms with Gasteiger partial charge in [-0.15, -0.1) is 0 Å². The summed E-state index contributed by atoms with van der Waals surface area (Å²) in [4.78, 5) is 2.65. The number of fused-ring (bicyclic) bond motifs is 1. The van der Waals surface area contributed by atoms with Crippen LogP contribution in [0.3, 0.4) is 0 Å². The van der Waals surface area contributed by atoms with Gasteiger partial charge in [-0.1, -0.05) is 68.8 Å². The number of anilines is 1. The zero-order chi connectivity index (χ0) is 18.5. The minimum Gasteiger partial charge on any atom is -0.363 e. The molecule has 1 heteroatoms. The van der Waals surface area contributed by atoms with Crippen molar-refractivity contribution in [2.45, 2.75) is 64.8 Å². The average molecular weight is 346 g/mol. The van der Waals surface area contributed by atoms with E-state index in [0.29, 0.717) is 12.0 Å². The van der Waals surface area contributed by atoms with E-state index in [1.807, 2.05) is 0 Å². The molecule has 2 aliphatic rings. The third kappa shape index (κ3) is 2.69. The third-order valence-electron chi connectivity index (χ3n) is 6.72. The molecule has 1 saturated carbocycles. The number of rotatable bonds is 4. The van der Waals surface area contributed by atoms with Crippen LogP contribution in [-0.2, 0) is 5.41 Å². The lowest BCUT2D eigenvalue weighted by Crippen LogP contribution is -2.33. The molecule has 0 amide bonds. The molecule has 1 heterocycles. The van der Waals surface area contributed by atoms with Gasteiger partial charge in [-0.2, -0.15) is 0 Å². The van der Waals surface area contributed by atoms with Gasteiger partial charge in [0.05, 0.1) is 0 Å². The van der Waals surface area contributed by atoms with E-state index in [9.17, 15) is 0 Å². The molecule has 0 spiro atoms. The quantitative estimate of drug-likeness (QED) is 0.621. The summed E-state index contributed by atoms with van der Waals surface area (Å²) in [6, 6.07) is 14.5. The topological polar surface area (TPSA) is 3.24 Å². The van der Waals surface area contributed by atoms with Crippen LogP contribution in [0.5, 0.6) is 0 Å². The van der Waals surface area contributed by atoms with Crippen molar-refractivity contribution in [2.24, 2.45) is 0 Å². The first-order valence-electron chi connectivity index (χ1n) is 10.1. The molecular formula is C25H31N. The van der Waals surface area contributed by atoms with Gasteiger partial charge in [-0.25, -0.2) is 0 Å². The molecule has 3 atom stereocenters. The molecule has 1 fully saturated rings. The summed E-state index contributed by atoms with van der Waals surface area (Å²) in [5.41, 5.74) is 8.98. The largest absolute Gasteiger partial charge is 0.363 e. The molecule has 0 radical (unpaired) electrons. The Morgan fingerprint density at radius 1 is 1.19 bits per heavy atom. The van der Waals surface area contributed by atoms with E-state index in [1.54, 1.807) is 0 Å². The molecule has 3 unspecified atom stereocenters. The minimum atomic E-state index is 0.270. The second-order valence-corrected chi connectivity index (χ2v) is 8.60. The lowest BCUT2D eigenvalue weighted by molar-refractivity contribution is 0.690. The molecule has 0 N–H and O–H groups in total. The van der Waals surface area contributed by atoms with Gasteiger partial charge in [0, 0.05) is 29.3 Å². The van der Waals surface area contributed by atoms with Gasteiger partial charge in [0.15, 0.2) is 0 Å². The van der Waals surface area contributed by atoms with Crippen LogP contribution in [0.15, 0.2) is 42.5 Å². The Bertz CT molecular complexity index is 862. The van der Waals surface area contributed by atoms with Crippen molar-refractivity contribution in [2.75, 3.05) is 11.4 Å². The lowest BCUT2D eigenvalue weighted by Gasteiger charge is -2.32. The van der Waals surface area contributed by atoms with Crippen LogP contribution in [0.25, 0.3) is 6.08 Å². The van der Waals surface area contributed by atoms with Crippen LogP contribution >= 0.6 is 0 Å². The Morgan fingerprint density at radius 3 is 2.73 bits per heavy atom. The van der Waals surface area contributed by atoms with E-state index in [2.05, 4.69) is 88.1 Å². The first-order valence-corrected chi connectivity index (χ1v) is 10.1.